The van der Waals surface area contributed by atoms with Crippen molar-refractivity contribution < 1.29 is 23.9 Å². The van der Waals surface area contributed by atoms with Gasteiger partial charge in [-0.2, -0.15) is 0 Å². The number of benzene rings is 2. The van der Waals surface area contributed by atoms with E-state index in [0.717, 1.165) is 16.5 Å². The maximum atomic E-state index is 11.9. The van der Waals surface area contributed by atoms with Gasteiger partial charge in [-0.05, 0) is 36.4 Å². The molecule has 2 N–H and O–H groups in total. The normalized spacial score (nSPS) is 10.6. The number of rotatable bonds is 6. The highest BCUT2D eigenvalue weighted by Gasteiger charge is 2.10. The van der Waals surface area contributed by atoms with Crippen LogP contribution < -0.4 is 15.4 Å². The van der Waals surface area contributed by atoms with Gasteiger partial charge in [0.15, 0.2) is 6.61 Å². The standard InChI is InChI=1S/C22H19N3O5/c1-29-18-10-8-17(9-11-18)24-22(28)25-19(26)14-30-20(27)12-7-16-5-2-4-15-6-3-13-23-21(15)16/h2-13H,14H2,1H3,(H2,24,25,26,28)/b12-7+. The number of esters is 1. The number of fused-ring (bicyclic) bond motifs is 1. The highest BCUT2D eigenvalue weighted by Crippen LogP contribution is 2.17. The Kier molecular flexibility index (Phi) is 6.73. The number of anilines is 1. The molecule has 0 atom stereocenters. The first-order chi connectivity index (χ1) is 14.5. The van der Waals surface area contributed by atoms with Gasteiger partial charge in [-0.25, -0.2) is 9.59 Å². The first-order valence-electron chi connectivity index (χ1n) is 8.98. The Morgan fingerprint density at radius 2 is 1.80 bits per heavy atom. The summed E-state index contributed by atoms with van der Waals surface area (Å²) in [5.74, 6) is -0.834. The molecule has 152 valence electrons. The number of methoxy groups -OCH3 is 1. The molecular weight excluding hydrogens is 386 g/mol. The van der Waals surface area contributed by atoms with Gasteiger partial charge in [-0.3, -0.25) is 15.1 Å². The molecule has 0 radical (unpaired) electrons. The number of carbonyl (C=O) groups is 3. The molecule has 0 aliphatic heterocycles. The topological polar surface area (TPSA) is 107 Å². The minimum atomic E-state index is -0.755. The Bertz CT molecular complexity index is 1090. The summed E-state index contributed by atoms with van der Waals surface area (Å²) in [4.78, 5) is 39.8. The number of urea groups is 1. The van der Waals surface area contributed by atoms with Gasteiger partial charge in [0, 0.05) is 28.9 Å². The van der Waals surface area contributed by atoms with Crippen LogP contribution in [0, 0.1) is 0 Å². The molecule has 1 aromatic heterocycles. The Morgan fingerprint density at radius 3 is 2.57 bits per heavy atom. The van der Waals surface area contributed by atoms with Gasteiger partial charge < -0.3 is 14.8 Å². The van der Waals surface area contributed by atoms with E-state index >= 15 is 0 Å². The van der Waals surface area contributed by atoms with Crippen LogP contribution in [0.1, 0.15) is 5.56 Å². The minimum absolute atomic E-state index is 0.477. The molecular formula is C22H19N3O5. The van der Waals surface area contributed by atoms with E-state index in [-0.39, 0.29) is 0 Å². The molecule has 0 bridgehead atoms. The average Bonchev–Trinajstić information content (AvgIpc) is 2.76. The van der Waals surface area contributed by atoms with Crippen LogP contribution in [0.25, 0.3) is 17.0 Å². The summed E-state index contributed by atoms with van der Waals surface area (Å²) >= 11 is 0. The molecule has 30 heavy (non-hydrogen) atoms. The SMILES string of the molecule is COc1ccc(NC(=O)NC(=O)COC(=O)/C=C/c2cccc3cccnc23)cc1. The molecule has 2 aromatic carbocycles. The van der Waals surface area contributed by atoms with E-state index in [0.29, 0.717) is 11.4 Å². The monoisotopic (exact) mass is 405 g/mol. The van der Waals surface area contributed by atoms with Crippen molar-refractivity contribution in [2.24, 2.45) is 0 Å². The molecule has 3 amide bonds. The highest BCUT2D eigenvalue weighted by molar-refractivity contribution is 6.02. The predicted molar refractivity (Wildman–Crippen MR) is 112 cm³/mol. The van der Waals surface area contributed by atoms with E-state index < -0.39 is 24.5 Å². The molecule has 3 aromatic rings. The molecule has 0 fully saturated rings. The lowest BCUT2D eigenvalue weighted by atomic mass is 10.1. The molecule has 0 aliphatic rings. The van der Waals surface area contributed by atoms with Crippen molar-refractivity contribution in [3.8, 4) is 5.75 Å². The van der Waals surface area contributed by atoms with E-state index in [1.807, 2.05) is 30.3 Å². The fraction of sp³-hybridized carbons (Fsp3) is 0.0909. The van der Waals surface area contributed by atoms with Crippen molar-refractivity contribution in [1.29, 1.82) is 0 Å². The van der Waals surface area contributed by atoms with Gasteiger partial charge >= 0.3 is 12.0 Å². The molecule has 8 nitrogen and oxygen atoms in total. The van der Waals surface area contributed by atoms with Crippen LogP contribution in [0.4, 0.5) is 10.5 Å². The summed E-state index contributed by atoms with van der Waals surface area (Å²) in [6.07, 6.45) is 4.43. The first kappa shape index (κ1) is 20.5. The Balaban J connectivity index is 1.47. The van der Waals surface area contributed by atoms with Crippen LogP contribution in [0.15, 0.2) is 66.9 Å². The van der Waals surface area contributed by atoms with Crippen LogP contribution in [0.2, 0.25) is 0 Å². The van der Waals surface area contributed by atoms with Crippen molar-refractivity contribution in [3.05, 3.63) is 72.4 Å². The maximum absolute atomic E-state index is 11.9. The van der Waals surface area contributed by atoms with Gasteiger partial charge in [0.05, 0.1) is 12.6 Å². The van der Waals surface area contributed by atoms with Crippen LogP contribution in [-0.2, 0) is 14.3 Å². The summed E-state index contributed by atoms with van der Waals surface area (Å²) in [5.41, 5.74) is 1.97. The number of amides is 3. The van der Waals surface area contributed by atoms with Crippen molar-refractivity contribution >= 4 is 40.6 Å². The Labute approximate surface area is 172 Å². The number of carbonyl (C=O) groups excluding carboxylic acids is 3. The van der Waals surface area contributed by atoms with Crippen LogP contribution in [-0.4, -0.2) is 36.6 Å². The van der Waals surface area contributed by atoms with Crippen LogP contribution in [0.3, 0.4) is 0 Å². The molecule has 3 rings (SSSR count). The predicted octanol–water partition coefficient (Wildman–Crippen LogP) is 3.15. The molecule has 0 spiro atoms. The smallest absolute Gasteiger partial charge is 0.331 e. The van der Waals surface area contributed by atoms with Crippen LogP contribution >= 0.6 is 0 Å². The van der Waals surface area contributed by atoms with Gasteiger partial charge in [0.2, 0.25) is 0 Å². The lowest BCUT2D eigenvalue weighted by Crippen LogP contribution is -2.37. The van der Waals surface area contributed by atoms with E-state index in [9.17, 15) is 14.4 Å². The summed E-state index contributed by atoms with van der Waals surface area (Å²) < 4.78 is 9.89. The number of hydrogen-bond donors (Lipinski definition) is 2. The fourth-order valence-corrected chi connectivity index (χ4v) is 2.60. The highest BCUT2D eigenvalue weighted by atomic mass is 16.5. The molecule has 1 heterocycles. The number of pyridine rings is 1. The van der Waals surface area contributed by atoms with E-state index in [1.54, 1.807) is 36.5 Å². The third-order valence-electron chi connectivity index (χ3n) is 4.01. The molecule has 0 aliphatic carbocycles. The molecule has 0 saturated heterocycles. The van der Waals surface area contributed by atoms with E-state index in [4.69, 9.17) is 9.47 Å². The molecule has 0 unspecified atom stereocenters. The number of aromatic nitrogens is 1. The van der Waals surface area contributed by atoms with E-state index in [1.165, 1.54) is 13.2 Å². The number of imide groups is 1. The third kappa shape index (κ3) is 5.65. The van der Waals surface area contributed by atoms with Gasteiger partial charge in [0.25, 0.3) is 5.91 Å². The zero-order chi connectivity index (χ0) is 21.3. The molecule has 0 saturated carbocycles. The summed E-state index contributed by atoms with van der Waals surface area (Å²) in [7, 11) is 1.53. The van der Waals surface area contributed by atoms with Crippen molar-refractivity contribution in [2.45, 2.75) is 0 Å². The lowest BCUT2D eigenvalue weighted by Gasteiger charge is -2.07. The third-order valence-corrected chi connectivity index (χ3v) is 4.01. The quantitative estimate of drug-likeness (QED) is 0.482. The van der Waals surface area contributed by atoms with Gasteiger partial charge in [-0.15, -0.1) is 0 Å². The number of ether oxygens (including phenoxy) is 2. The lowest BCUT2D eigenvalue weighted by molar-refractivity contribution is -0.143. The number of hydrogen-bond acceptors (Lipinski definition) is 6. The summed E-state index contributed by atoms with van der Waals surface area (Å²) in [6.45, 7) is -0.590. The maximum Gasteiger partial charge on any atom is 0.331 e. The Hall–Kier alpha value is -4.20. The largest absolute Gasteiger partial charge is 0.497 e. The van der Waals surface area contributed by atoms with Gasteiger partial charge in [0.1, 0.15) is 5.75 Å². The molecule has 8 heteroatoms. The van der Waals surface area contributed by atoms with Crippen molar-refractivity contribution in [2.75, 3.05) is 19.0 Å². The minimum Gasteiger partial charge on any atom is -0.497 e. The van der Waals surface area contributed by atoms with Crippen molar-refractivity contribution in [1.82, 2.24) is 10.3 Å². The second kappa shape index (κ2) is 9.83. The number of para-hydroxylation sites is 1. The fourth-order valence-electron chi connectivity index (χ4n) is 2.60. The second-order valence-electron chi connectivity index (χ2n) is 6.09. The first-order valence-corrected chi connectivity index (χ1v) is 8.98. The zero-order valence-corrected chi connectivity index (χ0v) is 16.1. The average molecular weight is 405 g/mol. The summed E-state index contributed by atoms with van der Waals surface area (Å²) in [5, 5.41) is 5.51. The number of nitrogens with zero attached hydrogens (tertiary/aromatic N) is 1. The van der Waals surface area contributed by atoms with Crippen molar-refractivity contribution in [3.63, 3.8) is 0 Å². The zero-order valence-electron chi connectivity index (χ0n) is 16.1. The van der Waals surface area contributed by atoms with Crippen LogP contribution in [0.5, 0.6) is 5.75 Å². The van der Waals surface area contributed by atoms with E-state index in [2.05, 4.69) is 15.6 Å². The summed E-state index contributed by atoms with van der Waals surface area (Å²) in [6, 6.07) is 15.2. The number of nitrogens with one attached hydrogen (secondary N) is 2. The second-order valence-corrected chi connectivity index (χ2v) is 6.09. The van der Waals surface area contributed by atoms with Gasteiger partial charge in [-0.1, -0.05) is 24.3 Å². The Morgan fingerprint density at radius 1 is 1.03 bits per heavy atom.